The SMILES string of the molecule is CCCCC[CH2][Sn]([CH3])([CH2]CCC)[CH2]CCCCC. The quantitative estimate of drug-likeness (QED) is 0.244. The Labute approximate surface area is 121 Å². The van der Waals surface area contributed by atoms with Crippen LogP contribution in [0.2, 0.25) is 18.2 Å². The van der Waals surface area contributed by atoms with Crippen LogP contribution >= 0.6 is 0 Å². The van der Waals surface area contributed by atoms with Crippen LogP contribution in [0.4, 0.5) is 0 Å². The molecule has 0 saturated carbocycles. The van der Waals surface area contributed by atoms with E-state index in [1.54, 1.807) is 26.2 Å². The average molecular weight is 361 g/mol. The normalized spacial score (nSPS) is 12.0. The van der Waals surface area contributed by atoms with Crippen LogP contribution in [-0.4, -0.2) is 18.4 Å². The van der Waals surface area contributed by atoms with Gasteiger partial charge in [0.05, 0.1) is 0 Å². The predicted molar refractivity (Wildman–Crippen MR) is 89.2 cm³/mol. The molecule has 0 bridgehead atoms. The Morgan fingerprint density at radius 2 is 0.889 bits per heavy atom. The topological polar surface area (TPSA) is 0 Å². The van der Waals surface area contributed by atoms with Gasteiger partial charge >= 0.3 is 122 Å². The fraction of sp³-hybridized carbons (Fsp3) is 1.00. The minimum atomic E-state index is -1.65. The second-order valence-corrected chi connectivity index (χ2v) is 21.2. The van der Waals surface area contributed by atoms with E-state index in [0.29, 0.717) is 0 Å². The van der Waals surface area contributed by atoms with E-state index in [1.807, 2.05) is 0 Å². The van der Waals surface area contributed by atoms with Gasteiger partial charge in [-0.05, 0) is 0 Å². The zero-order valence-corrected chi connectivity index (χ0v) is 16.5. The van der Waals surface area contributed by atoms with Gasteiger partial charge in [-0.3, -0.25) is 0 Å². The summed E-state index contributed by atoms with van der Waals surface area (Å²) >= 11 is -1.65. The van der Waals surface area contributed by atoms with Crippen LogP contribution in [0.5, 0.6) is 0 Å². The molecule has 0 aromatic rings. The first-order valence-corrected chi connectivity index (χ1v) is 17.6. The summed E-state index contributed by atoms with van der Waals surface area (Å²) in [4.78, 5) is 2.77. The van der Waals surface area contributed by atoms with Gasteiger partial charge < -0.3 is 0 Å². The maximum atomic E-state index is 2.77. The molecule has 0 aromatic carbocycles. The van der Waals surface area contributed by atoms with E-state index in [1.165, 1.54) is 51.4 Å². The van der Waals surface area contributed by atoms with Gasteiger partial charge in [0.2, 0.25) is 0 Å². The summed E-state index contributed by atoms with van der Waals surface area (Å²) in [5.41, 5.74) is 0. The summed E-state index contributed by atoms with van der Waals surface area (Å²) in [6.45, 7) is 7.01. The van der Waals surface area contributed by atoms with Crippen molar-refractivity contribution in [2.75, 3.05) is 0 Å². The molecule has 0 spiro atoms. The Morgan fingerprint density at radius 1 is 0.500 bits per heavy atom. The third-order valence-corrected chi connectivity index (χ3v) is 17.8. The molecule has 0 aliphatic heterocycles. The standard InChI is InChI=1S/2C6H13.C4H9.CH3.Sn/c2*1-3-5-6-4-2;1-3-4-2;;/h2*1,3-6H2,2H3;1,3-4H2,2H3;1H3;. The third-order valence-electron chi connectivity index (χ3n) is 4.40. The molecule has 0 fully saturated rings. The zero-order chi connectivity index (χ0) is 13.7. The second-order valence-electron chi connectivity index (χ2n) is 6.54. The van der Waals surface area contributed by atoms with Crippen LogP contribution < -0.4 is 0 Å². The van der Waals surface area contributed by atoms with Crippen LogP contribution in [0.15, 0.2) is 0 Å². The molecule has 0 aliphatic rings. The monoisotopic (exact) mass is 362 g/mol. The summed E-state index contributed by atoms with van der Waals surface area (Å²) in [6, 6.07) is 0. The molecule has 0 amide bonds. The van der Waals surface area contributed by atoms with Crippen LogP contribution in [0.3, 0.4) is 0 Å². The molecule has 18 heavy (non-hydrogen) atoms. The molecule has 0 saturated heterocycles. The molecule has 0 rings (SSSR count). The zero-order valence-electron chi connectivity index (χ0n) is 13.7. The summed E-state index contributed by atoms with van der Waals surface area (Å²) in [5, 5.41) is 0. The van der Waals surface area contributed by atoms with Crippen molar-refractivity contribution in [3.8, 4) is 0 Å². The summed E-state index contributed by atoms with van der Waals surface area (Å²) in [7, 11) is 0. The minimum absolute atomic E-state index is 1.39. The van der Waals surface area contributed by atoms with E-state index in [9.17, 15) is 0 Å². The molecule has 0 unspecified atom stereocenters. The average Bonchev–Trinajstić information content (AvgIpc) is 2.38. The molecular weight excluding hydrogens is 323 g/mol. The number of hydrogen-bond acceptors (Lipinski definition) is 0. The van der Waals surface area contributed by atoms with Crippen LogP contribution in [0.1, 0.15) is 85.0 Å². The second kappa shape index (κ2) is 12.8. The number of unbranched alkanes of at least 4 members (excludes halogenated alkanes) is 7. The Morgan fingerprint density at radius 3 is 1.28 bits per heavy atom. The van der Waals surface area contributed by atoms with Crippen molar-refractivity contribution in [3.63, 3.8) is 0 Å². The van der Waals surface area contributed by atoms with Gasteiger partial charge in [-0.1, -0.05) is 0 Å². The van der Waals surface area contributed by atoms with Gasteiger partial charge in [0.25, 0.3) is 0 Å². The van der Waals surface area contributed by atoms with Crippen molar-refractivity contribution < 1.29 is 0 Å². The molecule has 0 radical (unpaired) electrons. The molecule has 0 N–H and O–H groups in total. The first-order chi connectivity index (χ1) is 8.68. The number of rotatable bonds is 13. The number of hydrogen-bond donors (Lipinski definition) is 0. The molecule has 0 heterocycles. The van der Waals surface area contributed by atoms with Crippen LogP contribution in [0, 0.1) is 0 Å². The van der Waals surface area contributed by atoms with E-state index < -0.39 is 18.4 Å². The van der Waals surface area contributed by atoms with E-state index in [0.717, 1.165) is 0 Å². The van der Waals surface area contributed by atoms with Gasteiger partial charge in [-0.25, -0.2) is 0 Å². The maximum absolute atomic E-state index is 2.77. The van der Waals surface area contributed by atoms with E-state index >= 15 is 0 Å². The van der Waals surface area contributed by atoms with Crippen molar-refractivity contribution >= 4 is 18.4 Å². The summed E-state index contributed by atoms with van der Waals surface area (Å²) < 4.78 is 5.03. The molecule has 1 heteroatoms. The Balaban J connectivity index is 3.90. The van der Waals surface area contributed by atoms with Gasteiger partial charge in [0.15, 0.2) is 0 Å². The Bertz CT molecular complexity index is 153. The molecule has 0 aromatic heterocycles. The molecule has 0 aliphatic carbocycles. The van der Waals surface area contributed by atoms with Gasteiger partial charge in [-0.2, -0.15) is 0 Å². The van der Waals surface area contributed by atoms with Gasteiger partial charge in [-0.15, -0.1) is 0 Å². The fourth-order valence-corrected chi connectivity index (χ4v) is 14.8. The van der Waals surface area contributed by atoms with Crippen molar-refractivity contribution in [3.05, 3.63) is 0 Å². The van der Waals surface area contributed by atoms with E-state index in [4.69, 9.17) is 0 Å². The van der Waals surface area contributed by atoms with Crippen LogP contribution in [-0.2, 0) is 0 Å². The van der Waals surface area contributed by atoms with E-state index in [2.05, 4.69) is 25.7 Å². The summed E-state index contributed by atoms with van der Waals surface area (Å²) in [6.07, 6.45) is 14.8. The van der Waals surface area contributed by atoms with E-state index in [-0.39, 0.29) is 0 Å². The predicted octanol–water partition coefficient (Wildman–Crippen LogP) is 7.03. The van der Waals surface area contributed by atoms with Crippen molar-refractivity contribution in [2.24, 2.45) is 0 Å². The molecule has 0 atom stereocenters. The first-order valence-electron chi connectivity index (χ1n) is 8.68. The third kappa shape index (κ3) is 10.7. The molecule has 110 valence electrons. The van der Waals surface area contributed by atoms with Crippen molar-refractivity contribution in [2.45, 2.75) is 103 Å². The fourth-order valence-electron chi connectivity index (χ4n) is 2.94. The first kappa shape index (κ1) is 18.8. The van der Waals surface area contributed by atoms with Crippen LogP contribution in [0.25, 0.3) is 0 Å². The summed E-state index contributed by atoms with van der Waals surface area (Å²) in [5.74, 6) is 0. The Hall–Kier alpha value is 0.799. The van der Waals surface area contributed by atoms with Gasteiger partial charge in [0, 0.05) is 0 Å². The van der Waals surface area contributed by atoms with Crippen molar-refractivity contribution in [1.82, 2.24) is 0 Å². The van der Waals surface area contributed by atoms with Gasteiger partial charge in [0.1, 0.15) is 0 Å². The Kier molecular flexibility index (Phi) is 13.4. The molecular formula is C17H38Sn. The molecule has 0 nitrogen and oxygen atoms in total. The van der Waals surface area contributed by atoms with Crippen molar-refractivity contribution in [1.29, 1.82) is 0 Å².